The number of methoxy groups -OCH3 is 1. The molecule has 0 aliphatic rings. The Kier molecular flexibility index (Phi) is 4.47. The predicted octanol–water partition coefficient (Wildman–Crippen LogP) is 0.195. The Morgan fingerprint density at radius 3 is 2.31 bits per heavy atom. The predicted molar refractivity (Wildman–Crippen MR) is 57.2 cm³/mol. The third-order valence-corrected chi connectivity index (χ3v) is 1.97. The lowest BCUT2D eigenvalue weighted by Gasteiger charge is -2.04. The monoisotopic (exact) mass is 223 g/mol. The van der Waals surface area contributed by atoms with Crippen LogP contribution in [0.5, 0.6) is 0 Å². The van der Waals surface area contributed by atoms with E-state index in [1.807, 2.05) is 0 Å². The van der Waals surface area contributed by atoms with Gasteiger partial charge in [-0.2, -0.15) is 0 Å². The van der Waals surface area contributed by atoms with Crippen molar-refractivity contribution >= 4 is 11.9 Å². The number of benzene rings is 1. The number of carbonyl (C=O) groups excluding carboxylic acids is 2. The van der Waals surface area contributed by atoms with Gasteiger partial charge in [-0.05, 0) is 24.3 Å². The first-order chi connectivity index (χ1) is 7.69. The molecule has 0 heterocycles. The zero-order valence-electron chi connectivity index (χ0n) is 8.90. The molecule has 1 rings (SSSR count). The molecule has 0 aliphatic heterocycles. The number of nitrogens with one attached hydrogen (secondary N) is 1. The molecule has 0 bridgehead atoms. The number of esters is 1. The van der Waals surface area contributed by atoms with Crippen molar-refractivity contribution in [3.63, 3.8) is 0 Å². The third-order valence-electron chi connectivity index (χ3n) is 1.97. The lowest BCUT2D eigenvalue weighted by Crippen LogP contribution is -2.26. The van der Waals surface area contributed by atoms with Gasteiger partial charge in [0.05, 0.1) is 19.3 Å². The molecule has 0 aliphatic carbocycles. The van der Waals surface area contributed by atoms with Crippen molar-refractivity contribution in [1.82, 2.24) is 5.32 Å². The highest BCUT2D eigenvalue weighted by molar-refractivity contribution is 5.96. The van der Waals surface area contributed by atoms with Crippen LogP contribution < -0.4 is 5.32 Å². The standard InChI is InChI=1S/C11H13NO4/c1-16-11(15)9-4-2-8(3-5-9)10(14)12-6-7-13/h2-5,13H,6-7H2,1H3,(H,12,14). The molecule has 0 unspecified atom stereocenters. The van der Waals surface area contributed by atoms with E-state index in [1.165, 1.54) is 31.4 Å². The van der Waals surface area contributed by atoms with Crippen molar-refractivity contribution in [3.05, 3.63) is 35.4 Å². The number of aliphatic hydroxyl groups excluding tert-OH is 1. The molecule has 0 radical (unpaired) electrons. The summed E-state index contributed by atoms with van der Waals surface area (Å²) in [6.45, 7) is 0.101. The van der Waals surface area contributed by atoms with E-state index >= 15 is 0 Å². The van der Waals surface area contributed by atoms with E-state index in [-0.39, 0.29) is 19.1 Å². The summed E-state index contributed by atoms with van der Waals surface area (Å²) in [6.07, 6.45) is 0. The zero-order chi connectivity index (χ0) is 12.0. The van der Waals surface area contributed by atoms with Crippen molar-refractivity contribution < 1.29 is 19.4 Å². The maximum atomic E-state index is 11.4. The van der Waals surface area contributed by atoms with Crippen molar-refractivity contribution in [2.24, 2.45) is 0 Å². The van der Waals surface area contributed by atoms with E-state index < -0.39 is 5.97 Å². The van der Waals surface area contributed by atoms with Gasteiger partial charge in [-0.25, -0.2) is 4.79 Å². The minimum absolute atomic E-state index is 0.105. The molecule has 0 saturated heterocycles. The average molecular weight is 223 g/mol. The molecular formula is C11H13NO4. The third kappa shape index (κ3) is 3.06. The van der Waals surface area contributed by atoms with E-state index in [2.05, 4.69) is 10.1 Å². The maximum Gasteiger partial charge on any atom is 0.337 e. The molecule has 5 heteroatoms. The van der Waals surface area contributed by atoms with Gasteiger partial charge in [0, 0.05) is 12.1 Å². The summed E-state index contributed by atoms with van der Waals surface area (Å²) in [5.41, 5.74) is 0.822. The Morgan fingerprint density at radius 1 is 1.25 bits per heavy atom. The number of amides is 1. The summed E-state index contributed by atoms with van der Waals surface area (Å²) in [4.78, 5) is 22.5. The normalized spacial score (nSPS) is 9.62. The Morgan fingerprint density at radius 2 is 1.81 bits per heavy atom. The lowest BCUT2D eigenvalue weighted by molar-refractivity contribution is 0.0600. The molecule has 0 saturated carbocycles. The first kappa shape index (κ1) is 12.2. The van der Waals surface area contributed by atoms with Crippen molar-refractivity contribution in [2.75, 3.05) is 20.3 Å². The van der Waals surface area contributed by atoms with Gasteiger partial charge in [-0.1, -0.05) is 0 Å². The first-order valence-corrected chi connectivity index (χ1v) is 4.76. The molecule has 0 atom stereocenters. The molecule has 2 N–H and O–H groups in total. The molecule has 86 valence electrons. The molecular weight excluding hydrogens is 210 g/mol. The van der Waals surface area contributed by atoms with Crippen LogP contribution in [0, 0.1) is 0 Å². The number of aliphatic hydroxyl groups is 1. The summed E-state index contributed by atoms with van der Waals surface area (Å²) in [6, 6.07) is 6.08. The zero-order valence-corrected chi connectivity index (χ0v) is 8.90. The number of hydrogen-bond donors (Lipinski definition) is 2. The van der Waals surface area contributed by atoms with Gasteiger partial charge < -0.3 is 15.2 Å². The van der Waals surface area contributed by atoms with E-state index in [4.69, 9.17) is 5.11 Å². The molecule has 1 aromatic carbocycles. The van der Waals surface area contributed by atoms with Crippen LogP contribution in [0.1, 0.15) is 20.7 Å². The van der Waals surface area contributed by atoms with E-state index in [0.717, 1.165) is 0 Å². The van der Waals surface area contributed by atoms with Crippen LogP contribution in [0.4, 0.5) is 0 Å². The van der Waals surface area contributed by atoms with Gasteiger partial charge in [0.15, 0.2) is 0 Å². The van der Waals surface area contributed by atoms with Gasteiger partial charge in [0.1, 0.15) is 0 Å². The number of carbonyl (C=O) groups is 2. The lowest BCUT2D eigenvalue weighted by atomic mass is 10.1. The van der Waals surface area contributed by atoms with E-state index in [1.54, 1.807) is 0 Å². The summed E-state index contributed by atoms with van der Waals surface area (Å²) >= 11 is 0. The van der Waals surface area contributed by atoms with Crippen LogP contribution in [-0.2, 0) is 4.74 Å². The highest BCUT2D eigenvalue weighted by atomic mass is 16.5. The molecule has 0 aromatic heterocycles. The highest BCUT2D eigenvalue weighted by Gasteiger charge is 2.07. The summed E-state index contributed by atoms with van der Waals surface area (Å²) in [5, 5.41) is 11.0. The van der Waals surface area contributed by atoms with Crippen molar-refractivity contribution in [3.8, 4) is 0 Å². The largest absolute Gasteiger partial charge is 0.465 e. The van der Waals surface area contributed by atoms with Crippen LogP contribution >= 0.6 is 0 Å². The molecule has 1 aromatic rings. The van der Waals surface area contributed by atoms with Crippen molar-refractivity contribution in [1.29, 1.82) is 0 Å². The van der Waals surface area contributed by atoms with Crippen LogP contribution in [0.2, 0.25) is 0 Å². The minimum Gasteiger partial charge on any atom is -0.465 e. The second-order valence-electron chi connectivity index (χ2n) is 3.05. The topological polar surface area (TPSA) is 75.6 Å². The van der Waals surface area contributed by atoms with Gasteiger partial charge in [0.2, 0.25) is 0 Å². The van der Waals surface area contributed by atoms with Crippen LogP contribution in [0.25, 0.3) is 0 Å². The number of hydrogen-bond acceptors (Lipinski definition) is 4. The Bertz CT molecular complexity index is 372. The van der Waals surface area contributed by atoms with Gasteiger partial charge in [-0.3, -0.25) is 4.79 Å². The molecule has 1 amide bonds. The van der Waals surface area contributed by atoms with Crippen LogP contribution in [0.3, 0.4) is 0 Å². The Balaban J connectivity index is 2.71. The summed E-state index contributed by atoms with van der Waals surface area (Å²) < 4.78 is 4.53. The summed E-state index contributed by atoms with van der Waals surface area (Å²) in [7, 11) is 1.30. The van der Waals surface area contributed by atoms with E-state index in [0.29, 0.717) is 11.1 Å². The maximum absolute atomic E-state index is 11.4. The Labute approximate surface area is 93.0 Å². The molecule has 0 fully saturated rings. The second kappa shape index (κ2) is 5.87. The smallest absolute Gasteiger partial charge is 0.337 e. The fourth-order valence-electron chi connectivity index (χ4n) is 1.15. The average Bonchev–Trinajstić information content (AvgIpc) is 2.35. The highest BCUT2D eigenvalue weighted by Crippen LogP contribution is 2.05. The minimum atomic E-state index is -0.442. The van der Waals surface area contributed by atoms with Gasteiger partial charge >= 0.3 is 5.97 Å². The fourth-order valence-corrected chi connectivity index (χ4v) is 1.15. The number of ether oxygens (including phenoxy) is 1. The van der Waals surface area contributed by atoms with Crippen LogP contribution in [-0.4, -0.2) is 37.2 Å². The molecule has 16 heavy (non-hydrogen) atoms. The van der Waals surface area contributed by atoms with Gasteiger partial charge in [0.25, 0.3) is 5.91 Å². The summed E-state index contributed by atoms with van der Waals surface area (Å²) in [5.74, 6) is -0.729. The van der Waals surface area contributed by atoms with Gasteiger partial charge in [-0.15, -0.1) is 0 Å². The SMILES string of the molecule is COC(=O)c1ccc(C(=O)NCCO)cc1. The quantitative estimate of drug-likeness (QED) is 0.715. The van der Waals surface area contributed by atoms with Crippen molar-refractivity contribution in [2.45, 2.75) is 0 Å². The molecule has 5 nitrogen and oxygen atoms in total. The second-order valence-corrected chi connectivity index (χ2v) is 3.05. The first-order valence-electron chi connectivity index (χ1n) is 4.76. The van der Waals surface area contributed by atoms with E-state index in [9.17, 15) is 9.59 Å². The fraction of sp³-hybridized carbons (Fsp3) is 0.273. The number of rotatable bonds is 4. The Hall–Kier alpha value is -1.88. The van der Waals surface area contributed by atoms with Crippen LogP contribution in [0.15, 0.2) is 24.3 Å². The molecule has 0 spiro atoms.